The molecule has 0 radical (unpaired) electrons. The molecule has 0 unspecified atom stereocenters. The first-order valence-electron chi connectivity index (χ1n) is 6.35. The van der Waals surface area contributed by atoms with Crippen LogP contribution in [0.15, 0.2) is 18.2 Å². The number of halogens is 3. The number of nitrogens with zero attached hydrogens (tertiary/aromatic N) is 2. The molecular weight excluding hydrogens is 316 g/mol. The molecule has 1 aromatic carbocycles. The largest absolute Gasteiger partial charge is 0.435 e. The molecule has 1 aromatic heterocycles. The average Bonchev–Trinajstić information content (AvgIpc) is 2.66. The maximum atomic E-state index is 12.3. The number of anilines is 1. The molecule has 1 amide bonds. The Morgan fingerprint density at radius 3 is 2.59 bits per heavy atom. The molecular formula is C14H14ClF2N3O2. The van der Waals surface area contributed by atoms with Gasteiger partial charge < -0.3 is 10.1 Å². The first-order chi connectivity index (χ1) is 10.3. The Morgan fingerprint density at radius 2 is 2.09 bits per heavy atom. The van der Waals surface area contributed by atoms with Gasteiger partial charge in [0.2, 0.25) is 0 Å². The van der Waals surface area contributed by atoms with E-state index in [4.69, 9.17) is 11.6 Å². The highest BCUT2D eigenvalue weighted by Crippen LogP contribution is 2.25. The second-order valence-corrected chi connectivity index (χ2v) is 5.06. The van der Waals surface area contributed by atoms with Gasteiger partial charge in [0.05, 0.1) is 10.7 Å². The van der Waals surface area contributed by atoms with Crippen molar-refractivity contribution in [3.8, 4) is 5.75 Å². The molecule has 118 valence electrons. The van der Waals surface area contributed by atoms with Gasteiger partial charge in [-0.3, -0.25) is 9.48 Å². The van der Waals surface area contributed by atoms with E-state index in [0.717, 1.165) is 0 Å². The van der Waals surface area contributed by atoms with Crippen molar-refractivity contribution in [1.29, 1.82) is 0 Å². The molecule has 0 saturated carbocycles. The predicted molar refractivity (Wildman–Crippen MR) is 78.7 cm³/mol. The van der Waals surface area contributed by atoms with E-state index in [1.807, 2.05) is 0 Å². The zero-order valence-electron chi connectivity index (χ0n) is 12.2. The van der Waals surface area contributed by atoms with Crippen molar-refractivity contribution in [2.75, 3.05) is 5.32 Å². The van der Waals surface area contributed by atoms with E-state index in [0.29, 0.717) is 16.9 Å². The van der Waals surface area contributed by atoms with Crippen molar-refractivity contribution in [2.24, 2.45) is 7.05 Å². The Balaban J connectivity index is 2.22. The lowest BCUT2D eigenvalue weighted by atomic mass is 10.2. The van der Waals surface area contributed by atoms with Crippen LogP contribution in [0.2, 0.25) is 5.02 Å². The van der Waals surface area contributed by atoms with Crippen LogP contribution in [0.1, 0.15) is 21.7 Å². The lowest BCUT2D eigenvalue weighted by Crippen LogP contribution is -2.17. The highest BCUT2D eigenvalue weighted by atomic mass is 35.5. The van der Waals surface area contributed by atoms with Crippen molar-refractivity contribution in [2.45, 2.75) is 20.5 Å². The van der Waals surface area contributed by atoms with Gasteiger partial charge in [0.15, 0.2) is 0 Å². The van der Waals surface area contributed by atoms with E-state index in [1.54, 1.807) is 20.9 Å². The molecule has 0 saturated heterocycles. The summed E-state index contributed by atoms with van der Waals surface area (Å²) < 4.78 is 30.0. The maximum absolute atomic E-state index is 12.3. The molecule has 2 rings (SSSR count). The highest BCUT2D eigenvalue weighted by molar-refractivity contribution is 6.34. The summed E-state index contributed by atoms with van der Waals surface area (Å²) in [5.74, 6) is -0.404. The Labute approximate surface area is 130 Å². The zero-order chi connectivity index (χ0) is 16.4. The van der Waals surface area contributed by atoms with Gasteiger partial charge in [0.1, 0.15) is 11.4 Å². The summed E-state index contributed by atoms with van der Waals surface area (Å²) in [5.41, 5.74) is 1.83. The van der Waals surface area contributed by atoms with Crippen LogP contribution in [0.5, 0.6) is 5.75 Å². The molecule has 22 heavy (non-hydrogen) atoms. The van der Waals surface area contributed by atoms with Gasteiger partial charge in [-0.1, -0.05) is 11.6 Å². The summed E-state index contributed by atoms with van der Waals surface area (Å²) in [5, 5.41) is 7.01. The predicted octanol–water partition coefficient (Wildman–Crippen LogP) is 3.54. The van der Waals surface area contributed by atoms with Crippen LogP contribution < -0.4 is 10.1 Å². The van der Waals surface area contributed by atoms with E-state index in [-0.39, 0.29) is 16.5 Å². The Hall–Kier alpha value is -2.15. The number of nitrogens with one attached hydrogen (secondary N) is 1. The number of ether oxygens (including phenoxy) is 1. The monoisotopic (exact) mass is 329 g/mol. The molecule has 8 heteroatoms. The normalized spacial score (nSPS) is 10.9. The second-order valence-electron chi connectivity index (χ2n) is 4.68. The average molecular weight is 330 g/mol. The molecule has 0 fully saturated rings. The van der Waals surface area contributed by atoms with E-state index >= 15 is 0 Å². The fourth-order valence-electron chi connectivity index (χ4n) is 2.01. The van der Waals surface area contributed by atoms with Crippen LogP contribution in [0.3, 0.4) is 0 Å². The number of rotatable bonds is 4. The SMILES string of the molecule is Cc1cc(OC(F)F)ccc1NC(=O)c1c(Cl)c(C)nn1C. The first-order valence-corrected chi connectivity index (χ1v) is 6.73. The molecule has 0 aliphatic carbocycles. The van der Waals surface area contributed by atoms with Crippen LogP contribution in [0.4, 0.5) is 14.5 Å². The molecule has 5 nitrogen and oxygen atoms in total. The minimum absolute atomic E-state index is 0.0277. The number of aromatic nitrogens is 2. The maximum Gasteiger partial charge on any atom is 0.387 e. The van der Waals surface area contributed by atoms with Crippen molar-refractivity contribution in [3.63, 3.8) is 0 Å². The summed E-state index contributed by atoms with van der Waals surface area (Å²) in [6, 6.07) is 4.25. The third-order valence-electron chi connectivity index (χ3n) is 3.04. The van der Waals surface area contributed by atoms with Crippen molar-refractivity contribution in [3.05, 3.63) is 40.2 Å². The van der Waals surface area contributed by atoms with Gasteiger partial charge >= 0.3 is 6.61 Å². The number of aryl methyl sites for hydroxylation is 3. The standard InChI is InChI=1S/C14H14ClF2N3O2/c1-7-6-9(22-14(16)17)4-5-10(7)18-13(21)12-11(15)8(2)19-20(12)3/h4-6,14H,1-3H3,(H,18,21). The minimum atomic E-state index is -2.89. The van der Waals surface area contributed by atoms with E-state index < -0.39 is 12.5 Å². The quantitative estimate of drug-likeness (QED) is 0.933. The second kappa shape index (κ2) is 6.31. The summed E-state index contributed by atoms with van der Waals surface area (Å²) in [4.78, 5) is 12.3. The fourth-order valence-corrected chi connectivity index (χ4v) is 2.26. The molecule has 0 aliphatic rings. The van der Waals surface area contributed by atoms with Gasteiger partial charge in [-0.15, -0.1) is 0 Å². The summed E-state index contributed by atoms with van der Waals surface area (Å²) in [6.07, 6.45) is 0. The zero-order valence-corrected chi connectivity index (χ0v) is 12.9. The summed E-state index contributed by atoms with van der Waals surface area (Å²) >= 11 is 6.05. The van der Waals surface area contributed by atoms with Gasteiger partial charge in [0, 0.05) is 12.7 Å². The van der Waals surface area contributed by atoms with Crippen LogP contribution in [0.25, 0.3) is 0 Å². The molecule has 0 bridgehead atoms. The summed E-state index contributed by atoms with van der Waals surface area (Å²) in [7, 11) is 1.61. The number of carbonyl (C=O) groups is 1. The van der Waals surface area contributed by atoms with Crippen molar-refractivity contribution >= 4 is 23.2 Å². The molecule has 1 heterocycles. The van der Waals surface area contributed by atoms with Crippen molar-refractivity contribution < 1.29 is 18.3 Å². The Bertz CT molecular complexity index is 716. The van der Waals surface area contributed by atoms with E-state index in [9.17, 15) is 13.6 Å². The lowest BCUT2D eigenvalue weighted by Gasteiger charge is -2.11. The van der Waals surface area contributed by atoms with Crippen LogP contribution in [-0.4, -0.2) is 22.3 Å². The van der Waals surface area contributed by atoms with E-state index in [2.05, 4.69) is 15.2 Å². The van der Waals surface area contributed by atoms with Crippen LogP contribution >= 0.6 is 11.6 Å². The molecule has 2 aromatic rings. The van der Waals surface area contributed by atoms with Crippen LogP contribution in [-0.2, 0) is 7.05 Å². The third kappa shape index (κ3) is 3.36. The first kappa shape index (κ1) is 16.2. The number of amides is 1. The van der Waals surface area contributed by atoms with Crippen LogP contribution in [0, 0.1) is 13.8 Å². The number of hydrogen-bond donors (Lipinski definition) is 1. The van der Waals surface area contributed by atoms with Crippen molar-refractivity contribution in [1.82, 2.24) is 9.78 Å². The minimum Gasteiger partial charge on any atom is -0.435 e. The molecule has 0 aliphatic heterocycles. The number of alkyl halides is 2. The molecule has 0 atom stereocenters. The topological polar surface area (TPSA) is 56.1 Å². The lowest BCUT2D eigenvalue weighted by molar-refractivity contribution is -0.0498. The third-order valence-corrected chi connectivity index (χ3v) is 3.49. The highest BCUT2D eigenvalue weighted by Gasteiger charge is 2.19. The fraction of sp³-hybridized carbons (Fsp3) is 0.286. The van der Waals surface area contributed by atoms with Gasteiger partial charge in [-0.05, 0) is 37.6 Å². The van der Waals surface area contributed by atoms with Gasteiger partial charge in [0.25, 0.3) is 5.91 Å². The smallest absolute Gasteiger partial charge is 0.387 e. The Morgan fingerprint density at radius 1 is 1.41 bits per heavy atom. The summed E-state index contributed by atoms with van der Waals surface area (Å²) in [6.45, 7) is 0.473. The van der Waals surface area contributed by atoms with E-state index in [1.165, 1.54) is 22.9 Å². The number of benzene rings is 1. The molecule has 1 N–H and O–H groups in total. The number of carbonyl (C=O) groups excluding carboxylic acids is 1. The Kier molecular flexibility index (Phi) is 4.65. The van der Waals surface area contributed by atoms with Gasteiger partial charge in [-0.25, -0.2) is 0 Å². The molecule has 0 spiro atoms. The van der Waals surface area contributed by atoms with Gasteiger partial charge in [-0.2, -0.15) is 13.9 Å². The number of hydrogen-bond acceptors (Lipinski definition) is 3.